The van der Waals surface area contributed by atoms with Gasteiger partial charge in [-0.2, -0.15) is 0 Å². The minimum absolute atomic E-state index is 0.0452. The van der Waals surface area contributed by atoms with Crippen LogP contribution in [-0.4, -0.2) is 32.6 Å². The molecule has 0 saturated carbocycles. The highest BCUT2D eigenvalue weighted by molar-refractivity contribution is 5.82. The maximum Gasteiger partial charge on any atom is 0.138 e. The summed E-state index contributed by atoms with van der Waals surface area (Å²) in [5.41, 5.74) is 4.01. The zero-order valence-corrected chi connectivity index (χ0v) is 18.8. The van der Waals surface area contributed by atoms with Gasteiger partial charge in [0.1, 0.15) is 12.1 Å². The van der Waals surface area contributed by atoms with E-state index >= 15 is 0 Å². The number of aromatic nitrogens is 3. The van der Waals surface area contributed by atoms with Crippen LogP contribution in [0.4, 0.5) is 11.5 Å². The molecule has 4 heterocycles. The molecule has 0 aliphatic carbocycles. The lowest BCUT2D eigenvalue weighted by molar-refractivity contribution is 0.227. The number of nitrogens with zero attached hydrogens (tertiary/aromatic N) is 5. The molecule has 6 nitrogen and oxygen atoms in total. The van der Waals surface area contributed by atoms with Gasteiger partial charge in [0.2, 0.25) is 0 Å². The van der Waals surface area contributed by atoms with Crippen LogP contribution in [0.3, 0.4) is 0 Å². The number of nitrogens with one attached hydrogen (secondary N) is 1. The molecule has 0 radical (unpaired) electrons. The molecule has 3 aromatic rings. The number of hydrogen-bond acceptors (Lipinski definition) is 6. The van der Waals surface area contributed by atoms with Gasteiger partial charge in [-0.1, -0.05) is 57.2 Å². The molecule has 32 heavy (non-hydrogen) atoms. The van der Waals surface area contributed by atoms with Crippen molar-refractivity contribution in [3.8, 4) is 0 Å². The Morgan fingerprint density at radius 1 is 1.00 bits per heavy atom. The second-order valence-corrected chi connectivity index (χ2v) is 9.59. The second-order valence-electron chi connectivity index (χ2n) is 9.59. The summed E-state index contributed by atoms with van der Waals surface area (Å²) in [6, 6.07) is 10.2. The zero-order valence-electron chi connectivity index (χ0n) is 18.8. The van der Waals surface area contributed by atoms with Gasteiger partial charge in [0.05, 0.1) is 23.1 Å². The van der Waals surface area contributed by atoms with Crippen molar-refractivity contribution >= 4 is 28.6 Å². The highest BCUT2D eigenvalue weighted by atomic mass is 15.2. The van der Waals surface area contributed by atoms with E-state index in [4.69, 9.17) is 0 Å². The summed E-state index contributed by atoms with van der Waals surface area (Å²) in [6.45, 7) is 9.11. The smallest absolute Gasteiger partial charge is 0.138 e. The van der Waals surface area contributed by atoms with E-state index < -0.39 is 0 Å². The molecular formula is C26H28N6. The predicted octanol–water partition coefficient (Wildman–Crippen LogP) is 5.27. The van der Waals surface area contributed by atoms with Crippen molar-refractivity contribution in [2.45, 2.75) is 33.9 Å². The summed E-state index contributed by atoms with van der Waals surface area (Å²) >= 11 is 0. The van der Waals surface area contributed by atoms with Crippen LogP contribution in [0.1, 0.15) is 32.0 Å². The Balaban J connectivity index is 1.35. The summed E-state index contributed by atoms with van der Waals surface area (Å²) in [6.07, 6.45) is 14.2. The van der Waals surface area contributed by atoms with Gasteiger partial charge in [-0.05, 0) is 12.1 Å². The van der Waals surface area contributed by atoms with Crippen LogP contribution in [0.15, 0.2) is 72.3 Å². The number of fused-ring (bicyclic) bond motifs is 2. The molecule has 2 aromatic heterocycles. The van der Waals surface area contributed by atoms with Crippen molar-refractivity contribution in [2.75, 3.05) is 11.9 Å². The molecule has 0 fully saturated rings. The number of benzene rings is 1. The first-order chi connectivity index (χ1) is 15.4. The quantitative estimate of drug-likeness (QED) is 0.578. The molecule has 0 bridgehead atoms. The van der Waals surface area contributed by atoms with Crippen molar-refractivity contribution in [3.05, 3.63) is 78.5 Å². The van der Waals surface area contributed by atoms with E-state index in [0.29, 0.717) is 0 Å². The fraction of sp³-hybridized carbons (Fsp3) is 0.308. The Labute approximate surface area is 188 Å². The summed E-state index contributed by atoms with van der Waals surface area (Å²) in [4.78, 5) is 20.6. The van der Waals surface area contributed by atoms with E-state index in [2.05, 4.69) is 81.3 Å². The molecule has 0 saturated heterocycles. The average molecular weight is 425 g/mol. The molecule has 1 unspecified atom stereocenters. The molecule has 2 aliphatic heterocycles. The summed E-state index contributed by atoms with van der Waals surface area (Å²) < 4.78 is 0. The number of hydrogen-bond donors (Lipinski definition) is 1. The van der Waals surface area contributed by atoms with E-state index in [1.165, 1.54) is 0 Å². The van der Waals surface area contributed by atoms with Crippen molar-refractivity contribution in [1.29, 1.82) is 0 Å². The monoisotopic (exact) mass is 424 g/mol. The van der Waals surface area contributed by atoms with Crippen LogP contribution in [0, 0.1) is 10.8 Å². The third-order valence-electron chi connectivity index (χ3n) is 6.05. The van der Waals surface area contributed by atoms with Crippen molar-refractivity contribution < 1.29 is 0 Å². The summed E-state index contributed by atoms with van der Waals surface area (Å²) in [5.74, 6) is 0.856. The van der Waals surface area contributed by atoms with Gasteiger partial charge in [-0.15, -0.1) is 0 Å². The van der Waals surface area contributed by atoms with E-state index in [-0.39, 0.29) is 10.8 Å². The average Bonchev–Trinajstić information content (AvgIpc) is 3.18. The molecule has 1 N–H and O–H groups in total. The number of anilines is 2. The first-order valence-electron chi connectivity index (χ1n) is 11.0. The van der Waals surface area contributed by atoms with E-state index in [1.54, 1.807) is 6.33 Å². The molecule has 2 aliphatic rings. The largest absolute Gasteiger partial charge is 0.339 e. The van der Waals surface area contributed by atoms with Gasteiger partial charge in [-0.3, -0.25) is 14.9 Å². The van der Waals surface area contributed by atoms with E-state index in [1.807, 2.05) is 36.8 Å². The Bertz CT molecular complexity index is 1240. The lowest BCUT2D eigenvalue weighted by atomic mass is 9.84. The summed E-state index contributed by atoms with van der Waals surface area (Å²) in [7, 11) is 0. The van der Waals surface area contributed by atoms with Crippen LogP contribution >= 0.6 is 0 Å². The number of pyridine rings is 1. The van der Waals surface area contributed by atoms with E-state index in [0.717, 1.165) is 53.3 Å². The summed E-state index contributed by atoms with van der Waals surface area (Å²) in [5, 5.41) is 4.57. The third kappa shape index (κ3) is 4.32. The molecule has 162 valence electrons. The molecule has 1 atom stereocenters. The number of aliphatic imine (C=N–C) groups is 1. The Hall–Kier alpha value is -3.38. The number of para-hydroxylation sites is 1. The van der Waals surface area contributed by atoms with Crippen LogP contribution < -0.4 is 5.32 Å². The third-order valence-corrected chi connectivity index (χ3v) is 6.05. The first-order valence-corrected chi connectivity index (χ1v) is 11.0. The molecule has 0 amide bonds. The van der Waals surface area contributed by atoms with Crippen LogP contribution in [0.5, 0.6) is 0 Å². The standard InChI is InChI=1S/C26H28N6/c1-25(2)8-9-26(3,10-11-27-16-25)17-32-14-21-23(15-32)29-18-30-24(21)31-20-12-19-6-4-5-7-22(19)28-13-20/h4-13,16,18H,14-15,17H2,1-3H3,(H,29,30,31). The van der Waals surface area contributed by atoms with Crippen molar-refractivity contribution in [3.63, 3.8) is 0 Å². The number of rotatable bonds is 4. The number of allylic oxidation sites excluding steroid dienone is 1. The lowest BCUT2D eigenvalue weighted by Crippen LogP contribution is -2.31. The fourth-order valence-electron chi connectivity index (χ4n) is 4.28. The van der Waals surface area contributed by atoms with Crippen LogP contribution in [0.25, 0.3) is 10.9 Å². The first kappa shape index (κ1) is 20.5. The highest BCUT2D eigenvalue weighted by Gasteiger charge is 2.30. The zero-order chi connectivity index (χ0) is 22.2. The second kappa shape index (κ2) is 7.95. The van der Waals surface area contributed by atoms with E-state index in [9.17, 15) is 0 Å². The van der Waals surface area contributed by atoms with Gasteiger partial charge in [-0.25, -0.2) is 9.97 Å². The maximum atomic E-state index is 4.57. The normalized spacial score (nSPS) is 22.0. The van der Waals surface area contributed by atoms with Gasteiger partial charge in [0.25, 0.3) is 0 Å². The van der Waals surface area contributed by atoms with Crippen molar-refractivity contribution in [1.82, 2.24) is 19.9 Å². The maximum absolute atomic E-state index is 4.57. The minimum Gasteiger partial charge on any atom is -0.339 e. The topological polar surface area (TPSA) is 66.3 Å². The molecule has 1 aromatic carbocycles. The van der Waals surface area contributed by atoms with Gasteiger partial charge in [0, 0.05) is 53.8 Å². The Morgan fingerprint density at radius 3 is 2.78 bits per heavy atom. The SMILES string of the molecule is CC1(C)C=CC(C)(CN2Cc3ncnc(Nc4cnc5ccccc5c4)c3C2)C=CN=C1. The Kier molecular flexibility index (Phi) is 5.10. The molecule has 5 rings (SSSR count). The molecular weight excluding hydrogens is 396 g/mol. The van der Waals surface area contributed by atoms with Gasteiger partial charge >= 0.3 is 0 Å². The van der Waals surface area contributed by atoms with Crippen LogP contribution in [0.2, 0.25) is 0 Å². The van der Waals surface area contributed by atoms with Gasteiger partial charge < -0.3 is 5.32 Å². The lowest BCUT2D eigenvalue weighted by Gasteiger charge is -2.30. The minimum atomic E-state index is -0.0969. The predicted molar refractivity (Wildman–Crippen MR) is 130 cm³/mol. The molecule has 0 spiro atoms. The van der Waals surface area contributed by atoms with Crippen molar-refractivity contribution in [2.24, 2.45) is 15.8 Å². The van der Waals surface area contributed by atoms with Gasteiger partial charge in [0.15, 0.2) is 0 Å². The van der Waals surface area contributed by atoms with Crippen LogP contribution in [-0.2, 0) is 13.1 Å². The fourth-order valence-corrected chi connectivity index (χ4v) is 4.28. The Morgan fingerprint density at radius 2 is 1.88 bits per heavy atom. The highest BCUT2D eigenvalue weighted by Crippen LogP contribution is 2.33. The molecule has 6 heteroatoms.